The molecule has 7 nitrogen and oxygen atoms in total. The van der Waals surface area contributed by atoms with Crippen LogP contribution in [-0.4, -0.2) is 40.7 Å². The first-order valence-corrected chi connectivity index (χ1v) is 9.16. The molecule has 26 heavy (non-hydrogen) atoms. The van der Waals surface area contributed by atoms with E-state index >= 15 is 0 Å². The van der Waals surface area contributed by atoms with E-state index in [4.69, 9.17) is 4.42 Å². The van der Waals surface area contributed by atoms with E-state index in [0.717, 1.165) is 43.9 Å². The second kappa shape index (κ2) is 6.16. The number of hydrogen-bond acceptors (Lipinski definition) is 6. The standard InChI is InChI=1S/C19H21N5O2/c25-18-16-4-3-15(11-17(16)21-13-24(18)12-14-1-2-14)22-6-8-23(9-7-22)19-20-5-10-26-19/h3-5,10-11,13-14H,1-2,6-9,12H2. The van der Waals surface area contributed by atoms with Gasteiger partial charge in [0, 0.05) is 38.4 Å². The molecule has 3 heterocycles. The third kappa shape index (κ3) is 2.83. The predicted molar refractivity (Wildman–Crippen MR) is 99.7 cm³/mol. The Kier molecular flexibility index (Phi) is 3.65. The van der Waals surface area contributed by atoms with Crippen LogP contribution in [-0.2, 0) is 6.54 Å². The summed E-state index contributed by atoms with van der Waals surface area (Å²) < 4.78 is 7.14. The molecule has 2 fully saturated rings. The molecule has 1 aliphatic carbocycles. The molecule has 1 saturated heterocycles. The average molecular weight is 351 g/mol. The summed E-state index contributed by atoms with van der Waals surface area (Å²) >= 11 is 0. The Morgan fingerprint density at radius 2 is 1.88 bits per heavy atom. The topological polar surface area (TPSA) is 67.4 Å². The number of piperazine rings is 1. The molecule has 134 valence electrons. The van der Waals surface area contributed by atoms with Gasteiger partial charge in [-0.25, -0.2) is 9.97 Å². The molecule has 5 rings (SSSR count). The van der Waals surface area contributed by atoms with Gasteiger partial charge in [-0.2, -0.15) is 0 Å². The van der Waals surface area contributed by atoms with Crippen LogP contribution in [0.4, 0.5) is 11.7 Å². The second-order valence-electron chi connectivity index (χ2n) is 7.14. The minimum Gasteiger partial charge on any atom is -0.432 e. The van der Waals surface area contributed by atoms with Crippen LogP contribution in [0.3, 0.4) is 0 Å². The van der Waals surface area contributed by atoms with Crippen molar-refractivity contribution in [2.45, 2.75) is 19.4 Å². The van der Waals surface area contributed by atoms with Crippen LogP contribution in [0.15, 0.2) is 46.2 Å². The molecule has 0 atom stereocenters. The normalized spacial score (nSPS) is 17.8. The van der Waals surface area contributed by atoms with E-state index in [9.17, 15) is 4.79 Å². The van der Waals surface area contributed by atoms with Crippen molar-refractivity contribution in [2.24, 2.45) is 5.92 Å². The first-order chi connectivity index (χ1) is 12.8. The van der Waals surface area contributed by atoms with Gasteiger partial charge in [-0.05, 0) is 37.0 Å². The highest BCUT2D eigenvalue weighted by molar-refractivity contribution is 5.81. The molecule has 0 N–H and O–H groups in total. The van der Waals surface area contributed by atoms with E-state index in [1.165, 1.54) is 12.8 Å². The van der Waals surface area contributed by atoms with Gasteiger partial charge in [-0.15, -0.1) is 0 Å². The summed E-state index contributed by atoms with van der Waals surface area (Å²) in [6.07, 6.45) is 7.43. The maximum Gasteiger partial charge on any atom is 0.297 e. The smallest absolute Gasteiger partial charge is 0.297 e. The zero-order chi connectivity index (χ0) is 17.5. The van der Waals surface area contributed by atoms with Crippen LogP contribution >= 0.6 is 0 Å². The lowest BCUT2D eigenvalue weighted by molar-refractivity contribution is 0.516. The van der Waals surface area contributed by atoms with Crippen LogP contribution in [0, 0.1) is 5.92 Å². The molecular weight excluding hydrogens is 330 g/mol. The molecule has 1 aromatic carbocycles. The molecule has 2 aliphatic rings. The molecule has 1 saturated carbocycles. The summed E-state index contributed by atoms with van der Waals surface area (Å²) in [5.41, 5.74) is 1.95. The summed E-state index contributed by atoms with van der Waals surface area (Å²) in [7, 11) is 0. The summed E-state index contributed by atoms with van der Waals surface area (Å²) in [4.78, 5) is 25.8. The fourth-order valence-corrected chi connectivity index (χ4v) is 3.58. The maximum atomic E-state index is 12.6. The van der Waals surface area contributed by atoms with Crippen molar-refractivity contribution in [2.75, 3.05) is 36.0 Å². The molecule has 0 bridgehead atoms. The Hall–Kier alpha value is -2.83. The average Bonchev–Trinajstić information content (AvgIpc) is 3.33. The molecule has 7 heteroatoms. The van der Waals surface area contributed by atoms with Crippen LogP contribution in [0.2, 0.25) is 0 Å². The Morgan fingerprint density at radius 1 is 1.08 bits per heavy atom. The first kappa shape index (κ1) is 15.4. The molecule has 1 aliphatic heterocycles. The number of nitrogens with zero attached hydrogens (tertiary/aromatic N) is 5. The van der Waals surface area contributed by atoms with Gasteiger partial charge in [0.05, 0.1) is 23.4 Å². The van der Waals surface area contributed by atoms with Crippen LogP contribution in [0.1, 0.15) is 12.8 Å². The van der Waals surface area contributed by atoms with E-state index < -0.39 is 0 Å². The van der Waals surface area contributed by atoms with Crippen molar-refractivity contribution >= 4 is 22.6 Å². The Morgan fingerprint density at radius 3 is 2.62 bits per heavy atom. The van der Waals surface area contributed by atoms with E-state index in [1.807, 2.05) is 18.2 Å². The number of fused-ring (bicyclic) bond motifs is 1. The number of aromatic nitrogens is 3. The Labute approximate surface area is 150 Å². The SMILES string of the molecule is O=c1c2ccc(N3CCN(c4ncco4)CC3)cc2ncn1CC1CC1. The first-order valence-electron chi connectivity index (χ1n) is 9.16. The van der Waals surface area contributed by atoms with Crippen molar-refractivity contribution in [3.05, 3.63) is 47.3 Å². The maximum absolute atomic E-state index is 12.6. The molecule has 0 radical (unpaired) electrons. The van der Waals surface area contributed by atoms with Crippen molar-refractivity contribution in [3.8, 4) is 0 Å². The van der Waals surface area contributed by atoms with E-state index in [2.05, 4.69) is 19.8 Å². The molecule has 0 unspecified atom stereocenters. The Balaban J connectivity index is 1.36. The van der Waals surface area contributed by atoms with Crippen molar-refractivity contribution in [1.29, 1.82) is 0 Å². The summed E-state index contributed by atoms with van der Waals surface area (Å²) in [5, 5.41) is 0.704. The molecule has 0 amide bonds. The van der Waals surface area contributed by atoms with Gasteiger partial charge in [0.15, 0.2) is 0 Å². The van der Waals surface area contributed by atoms with Crippen LogP contribution in [0.5, 0.6) is 0 Å². The van der Waals surface area contributed by atoms with Crippen LogP contribution in [0.25, 0.3) is 10.9 Å². The fraction of sp³-hybridized carbons (Fsp3) is 0.421. The lowest BCUT2D eigenvalue weighted by Gasteiger charge is -2.35. The molecule has 0 spiro atoms. The van der Waals surface area contributed by atoms with Gasteiger partial charge < -0.3 is 14.2 Å². The third-order valence-corrected chi connectivity index (χ3v) is 5.30. The fourth-order valence-electron chi connectivity index (χ4n) is 3.58. The highest BCUT2D eigenvalue weighted by Crippen LogP contribution is 2.30. The van der Waals surface area contributed by atoms with Gasteiger partial charge in [0.1, 0.15) is 6.26 Å². The number of rotatable bonds is 4. The summed E-state index contributed by atoms with van der Waals surface area (Å²) in [6.45, 7) is 4.27. The third-order valence-electron chi connectivity index (χ3n) is 5.30. The predicted octanol–water partition coefficient (Wildman–Crippen LogP) is 2.12. The van der Waals surface area contributed by atoms with Gasteiger partial charge >= 0.3 is 0 Å². The van der Waals surface area contributed by atoms with E-state index in [0.29, 0.717) is 17.3 Å². The van der Waals surface area contributed by atoms with Gasteiger partial charge in [0.25, 0.3) is 11.6 Å². The van der Waals surface area contributed by atoms with Crippen molar-refractivity contribution in [1.82, 2.24) is 14.5 Å². The number of anilines is 2. The lowest BCUT2D eigenvalue weighted by atomic mass is 10.2. The lowest BCUT2D eigenvalue weighted by Crippen LogP contribution is -2.46. The monoisotopic (exact) mass is 351 g/mol. The van der Waals surface area contributed by atoms with E-state index in [-0.39, 0.29) is 5.56 Å². The highest BCUT2D eigenvalue weighted by Gasteiger charge is 2.23. The second-order valence-corrected chi connectivity index (χ2v) is 7.14. The number of benzene rings is 1. The minimum atomic E-state index is 0.0714. The van der Waals surface area contributed by atoms with Gasteiger partial charge in [0.2, 0.25) is 0 Å². The quantitative estimate of drug-likeness (QED) is 0.717. The van der Waals surface area contributed by atoms with Gasteiger partial charge in [-0.1, -0.05) is 0 Å². The number of oxazole rings is 1. The minimum absolute atomic E-state index is 0.0714. The number of hydrogen-bond donors (Lipinski definition) is 0. The zero-order valence-corrected chi connectivity index (χ0v) is 14.5. The molecule has 2 aromatic heterocycles. The van der Waals surface area contributed by atoms with Crippen LogP contribution < -0.4 is 15.4 Å². The van der Waals surface area contributed by atoms with Gasteiger partial charge in [-0.3, -0.25) is 9.36 Å². The Bertz CT molecular complexity index is 969. The van der Waals surface area contributed by atoms with Crippen molar-refractivity contribution in [3.63, 3.8) is 0 Å². The molecule has 3 aromatic rings. The zero-order valence-electron chi connectivity index (χ0n) is 14.5. The largest absolute Gasteiger partial charge is 0.432 e. The summed E-state index contributed by atoms with van der Waals surface area (Å²) in [5.74, 6) is 0.658. The molecular formula is C19H21N5O2. The van der Waals surface area contributed by atoms with E-state index in [1.54, 1.807) is 23.4 Å². The summed E-state index contributed by atoms with van der Waals surface area (Å²) in [6, 6.07) is 6.66. The van der Waals surface area contributed by atoms with Crippen molar-refractivity contribution < 1.29 is 4.42 Å². The highest BCUT2D eigenvalue weighted by atomic mass is 16.4.